The minimum atomic E-state index is 0.569. The van der Waals surface area contributed by atoms with Gasteiger partial charge in [0, 0.05) is 10.8 Å². The molecule has 4 rings (SSSR count). The summed E-state index contributed by atoms with van der Waals surface area (Å²) in [5.74, 6) is 3.87. The number of hydrogen-bond donors (Lipinski definition) is 1. The Balaban J connectivity index is 2.01. The molecule has 2 N–H and O–H groups in total. The summed E-state index contributed by atoms with van der Waals surface area (Å²) in [7, 11) is 4.18. The first kappa shape index (κ1) is 12.0. The maximum atomic E-state index is 4.18. The quantitative estimate of drug-likeness (QED) is 0.709. The molecule has 0 saturated heterocycles. The molecule has 0 aromatic rings. The molecule has 0 aromatic carbocycles. The summed E-state index contributed by atoms with van der Waals surface area (Å²) < 4.78 is 0. The zero-order valence-electron chi connectivity index (χ0n) is 12.0. The van der Waals surface area contributed by atoms with Gasteiger partial charge in [-0.1, -0.05) is 27.7 Å². The molecule has 0 heterocycles. The first-order valence-electron chi connectivity index (χ1n) is 7.55. The van der Waals surface area contributed by atoms with Gasteiger partial charge in [-0.15, -0.1) is 0 Å². The van der Waals surface area contributed by atoms with Crippen molar-refractivity contribution in [3.8, 4) is 0 Å². The molecule has 0 radical (unpaired) electrons. The number of quaternary nitrogens is 1. The zero-order valence-corrected chi connectivity index (χ0v) is 12.0. The Bertz CT molecular complexity index is 323. The van der Waals surface area contributed by atoms with E-state index in [-0.39, 0.29) is 0 Å². The zero-order chi connectivity index (χ0) is 12.4. The molecule has 0 spiro atoms. The highest BCUT2D eigenvalue weighted by molar-refractivity contribution is 5.15. The topological polar surface area (TPSA) is 16.6 Å². The Labute approximate surface area is 107 Å². The van der Waals surface area contributed by atoms with Gasteiger partial charge in [-0.2, -0.15) is 7.05 Å². The van der Waals surface area contributed by atoms with E-state index in [9.17, 15) is 0 Å². The summed E-state index contributed by atoms with van der Waals surface area (Å²) in [6, 6.07) is 0.772. The van der Waals surface area contributed by atoms with Crippen LogP contribution in [0.25, 0.3) is 0 Å². The summed E-state index contributed by atoms with van der Waals surface area (Å²) in [6.45, 7) is 10.00. The predicted octanol–water partition coefficient (Wildman–Crippen LogP) is 2.83. The largest absolute Gasteiger partial charge is 0.475 e. The molecule has 4 saturated carbocycles. The lowest BCUT2D eigenvalue weighted by atomic mass is 9.48. The number of hydrogen-bond acceptors (Lipinski definition) is 0. The van der Waals surface area contributed by atoms with Crippen molar-refractivity contribution in [2.45, 2.75) is 59.4 Å². The Morgan fingerprint density at radius 2 is 1.94 bits per heavy atom. The standard InChI is InChI=1S/C16H29N/c1-10(2)11-9-16(4)13-6-7-15(3,8-12(11)13)14(16)17-5/h10-14H,5-9,17H2,1-4H3. The molecular weight excluding hydrogens is 206 g/mol. The first-order chi connectivity index (χ1) is 7.92. The lowest BCUT2D eigenvalue weighted by Crippen LogP contribution is -2.92. The molecule has 4 bridgehead atoms. The van der Waals surface area contributed by atoms with Crippen LogP contribution in [0.5, 0.6) is 0 Å². The summed E-state index contributed by atoms with van der Waals surface area (Å²) >= 11 is 0. The molecule has 0 aromatic heterocycles. The Morgan fingerprint density at radius 3 is 2.53 bits per heavy atom. The van der Waals surface area contributed by atoms with Crippen molar-refractivity contribution in [3.63, 3.8) is 0 Å². The van der Waals surface area contributed by atoms with Crippen LogP contribution in [0.4, 0.5) is 0 Å². The average molecular weight is 235 g/mol. The monoisotopic (exact) mass is 235 g/mol. The molecule has 0 aliphatic heterocycles. The summed E-state index contributed by atoms with van der Waals surface area (Å²) in [4.78, 5) is 0. The van der Waals surface area contributed by atoms with E-state index in [0.29, 0.717) is 10.8 Å². The second kappa shape index (κ2) is 3.50. The van der Waals surface area contributed by atoms with Crippen molar-refractivity contribution >= 4 is 0 Å². The van der Waals surface area contributed by atoms with Gasteiger partial charge in [0.15, 0.2) is 0 Å². The number of rotatable bonds is 2. The summed E-state index contributed by atoms with van der Waals surface area (Å²) in [6.07, 6.45) is 5.88. The maximum Gasteiger partial charge on any atom is 0.0731 e. The van der Waals surface area contributed by atoms with E-state index in [0.717, 1.165) is 29.7 Å². The van der Waals surface area contributed by atoms with E-state index in [1.165, 1.54) is 25.7 Å². The van der Waals surface area contributed by atoms with Crippen molar-refractivity contribution in [1.29, 1.82) is 0 Å². The molecule has 4 fully saturated rings. The van der Waals surface area contributed by atoms with Crippen molar-refractivity contribution in [2.24, 2.45) is 34.5 Å². The predicted molar refractivity (Wildman–Crippen MR) is 71.1 cm³/mol. The molecule has 4 aliphatic rings. The van der Waals surface area contributed by atoms with Crippen molar-refractivity contribution in [3.05, 3.63) is 7.05 Å². The van der Waals surface area contributed by atoms with Crippen LogP contribution in [0, 0.1) is 41.5 Å². The average Bonchev–Trinajstić information content (AvgIpc) is 2.48. The van der Waals surface area contributed by atoms with Gasteiger partial charge in [0.2, 0.25) is 0 Å². The van der Waals surface area contributed by atoms with Crippen LogP contribution in [-0.4, -0.2) is 6.04 Å². The smallest absolute Gasteiger partial charge is 0.0731 e. The normalized spacial score (nSPS) is 56.8. The molecule has 4 aliphatic carbocycles. The summed E-state index contributed by atoms with van der Waals surface area (Å²) in [5.41, 5.74) is 1.14. The van der Waals surface area contributed by atoms with Crippen LogP contribution in [0.15, 0.2) is 0 Å². The highest BCUT2D eigenvalue weighted by Crippen LogP contribution is 2.69. The third-order valence-electron chi connectivity index (χ3n) is 6.87. The minimum Gasteiger partial charge on any atom is -0.475 e. The fourth-order valence-corrected chi connectivity index (χ4v) is 6.28. The highest BCUT2D eigenvalue weighted by atomic mass is 15.0. The molecule has 6 atom stereocenters. The Hall–Kier alpha value is -0.0400. The highest BCUT2D eigenvalue weighted by Gasteiger charge is 2.67. The number of nitrogens with two attached hydrogens (primary N) is 1. The molecule has 0 amide bonds. The van der Waals surface area contributed by atoms with Gasteiger partial charge in [-0.25, -0.2) is 0 Å². The lowest BCUT2D eigenvalue weighted by molar-refractivity contribution is -0.673. The van der Waals surface area contributed by atoms with Gasteiger partial charge in [0.25, 0.3) is 0 Å². The van der Waals surface area contributed by atoms with Gasteiger partial charge in [0.1, 0.15) is 0 Å². The molecular formula is C16H29N. The van der Waals surface area contributed by atoms with Crippen molar-refractivity contribution < 1.29 is 5.32 Å². The van der Waals surface area contributed by atoms with Crippen LogP contribution < -0.4 is 5.32 Å². The van der Waals surface area contributed by atoms with E-state index in [1.54, 1.807) is 0 Å². The molecule has 17 heavy (non-hydrogen) atoms. The SMILES string of the molecule is [CH2-][NH2+]C1C2(C)CCC3C(C2)C(C(C)C)CC31C. The van der Waals surface area contributed by atoms with Crippen molar-refractivity contribution in [2.75, 3.05) is 0 Å². The molecule has 1 heteroatoms. The number of fused-ring (bicyclic) bond motifs is 1. The van der Waals surface area contributed by atoms with Gasteiger partial charge < -0.3 is 5.32 Å². The van der Waals surface area contributed by atoms with E-state index in [1.807, 2.05) is 0 Å². The van der Waals surface area contributed by atoms with Crippen LogP contribution in [0.3, 0.4) is 0 Å². The van der Waals surface area contributed by atoms with Crippen LogP contribution in [-0.2, 0) is 0 Å². The van der Waals surface area contributed by atoms with E-state index >= 15 is 0 Å². The first-order valence-corrected chi connectivity index (χ1v) is 7.55. The van der Waals surface area contributed by atoms with Crippen LogP contribution in [0.2, 0.25) is 0 Å². The van der Waals surface area contributed by atoms with E-state index in [4.69, 9.17) is 0 Å². The fourth-order valence-electron chi connectivity index (χ4n) is 6.28. The van der Waals surface area contributed by atoms with Gasteiger partial charge in [0.05, 0.1) is 6.04 Å². The lowest BCUT2D eigenvalue weighted by Gasteiger charge is -2.59. The molecule has 6 unspecified atom stereocenters. The third-order valence-corrected chi connectivity index (χ3v) is 6.87. The van der Waals surface area contributed by atoms with Gasteiger partial charge in [-0.3, -0.25) is 0 Å². The van der Waals surface area contributed by atoms with Gasteiger partial charge in [-0.05, 0) is 49.4 Å². The molecule has 1 nitrogen and oxygen atoms in total. The second-order valence-corrected chi connectivity index (χ2v) is 8.00. The molecule has 98 valence electrons. The Kier molecular flexibility index (Phi) is 2.47. The van der Waals surface area contributed by atoms with E-state index < -0.39 is 0 Å². The third kappa shape index (κ3) is 1.35. The minimum absolute atomic E-state index is 0.569. The van der Waals surface area contributed by atoms with E-state index in [2.05, 4.69) is 40.1 Å². The van der Waals surface area contributed by atoms with Crippen LogP contribution in [0.1, 0.15) is 53.4 Å². The fraction of sp³-hybridized carbons (Fsp3) is 0.938. The summed E-state index contributed by atoms with van der Waals surface area (Å²) in [5, 5.41) is 2.31. The second-order valence-electron chi connectivity index (χ2n) is 8.00. The maximum absolute atomic E-state index is 4.18. The Morgan fingerprint density at radius 1 is 1.24 bits per heavy atom. The van der Waals surface area contributed by atoms with Gasteiger partial charge >= 0.3 is 0 Å². The van der Waals surface area contributed by atoms with Crippen molar-refractivity contribution in [1.82, 2.24) is 0 Å². The van der Waals surface area contributed by atoms with Crippen LogP contribution >= 0.6 is 0 Å².